The number of thiophene rings is 1. The first kappa shape index (κ1) is 15.0. The minimum atomic E-state index is -2.95. The number of fused-ring (bicyclic) bond motifs is 1. The maximum Gasteiger partial charge on any atom is 0.236 e. The Morgan fingerprint density at radius 1 is 1.52 bits per heavy atom. The average molecular weight is 328 g/mol. The van der Waals surface area contributed by atoms with Crippen LogP contribution in [0.5, 0.6) is 0 Å². The smallest absolute Gasteiger partial charge is 0.236 e. The van der Waals surface area contributed by atoms with Crippen LogP contribution >= 0.6 is 11.3 Å². The fourth-order valence-electron chi connectivity index (χ4n) is 3.01. The molecule has 0 radical (unpaired) electrons. The van der Waals surface area contributed by atoms with Gasteiger partial charge in [0.15, 0.2) is 9.84 Å². The van der Waals surface area contributed by atoms with Gasteiger partial charge in [-0.25, -0.2) is 8.42 Å². The molecule has 21 heavy (non-hydrogen) atoms. The molecule has 5 nitrogen and oxygen atoms in total. The van der Waals surface area contributed by atoms with Gasteiger partial charge in [0.25, 0.3) is 0 Å². The van der Waals surface area contributed by atoms with E-state index in [-0.39, 0.29) is 24.0 Å². The second-order valence-electron chi connectivity index (χ2n) is 6.19. The highest BCUT2D eigenvalue weighted by atomic mass is 32.2. The van der Waals surface area contributed by atoms with Crippen LogP contribution in [0.4, 0.5) is 0 Å². The Morgan fingerprint density at radius 2 is 2.33 bits per heavy atom. The van der Waals surface area contributed by atoms with E-state index in [1.54, 1.807) is 11.3 Å². The van der Waals surface area contributed by atoms with Gasteiger partial charge in [0.1, 0.15) is 0 Å². The average Bonchev–Trinajstić information content (AvgIpc) is 3.00. The van der Waals surface area contributed by atoms with Crippen LogP contribution in [0.1, 0.15) is 23.8 Å². The molecule has 0 spiro atoms. The monoisotopic (exact) mass is 328 g/mol. The molecule has 3 heterocycles. The van der Waals surface area contributed by atoms with E-state index >= 15 is 0 Å². The van der Waals surface area contributed by atoms with E-state index in [0.717, 1.165) is 13.0 Å². The molecule has 1 N–H and O–H groups in total. The summed E-state index contributed by atoms with van der Waals surface area (Å²) in [5.41, 5.74) is 0.784. The van der Waals surface area contributed by atoms with Crippen molar-refractivity contribution in [2.24, 2.45) is 0 Å². The van der Waals surface area contributed by atoms with Gasteiger partial charge in [-0.1, -0.05) is 0 Å². The van der Waals surface area contributed by atoms with Crippen LogP contribution < -0.4 is 5.32 Å². The molecule has 1 amide bonds. The summed E-state index contributed by atoms with van der Waals surface area (Å²) in [6, 6.07) is 2.08. The molecule has 3 rings (SSSR count). The van der Waals surface area contributed by atoms with E-state index in [2.05, 4.69) is 16.8 Å². The number of hydrogen-bond acceptors (Lipinski definition) is 5. The number of sulfone groups is 1. The van der Waals surface area contributed by atoms with Crippen LogP contribution in [0.2, 0.25) is 0 Å². The number of nitrogens with one attached hydrogen (secondary N) is 1. The molecule has 1 unspecified atom stereocenters. The summed E-state index contributed by atoms with van der Waals surface area (Å²) in [7, 11) is -2.95. The van der Waals surface area contributed by atoms with E-state index in [0.29, 0.717) is 13.0 Å². The molecular weight excluding hydrogens is 308 g/mol. The van der Waals surface area contributed by atoms with Gasteiger partial charge >= 0.3 is 0 Å². The minimum Gasteiger partial charge on any atom is -0.337 e. The third-order valence-corrected chi connectivity index (χ3v) is 7.26. The van der Waals surface area contributed by atoms with Crippen LogP contribution in [0.3, 0.4) is 0 Å². The first-order valence-corrected chi connectivity index (χ1v) is 9.86. The lowest BCUT2D eigenvalue weighted by Gasteiger charge is -2.29. The summed E-state index contributed by atoms with van der Waals surface area (Å²) in [4.78, 5) is 15.5. The summed E-state index contributed by atoms with van der Waals surface area (Å²) in [5.74, 6) is 0.395. The predicted octanol–water partition coefficient (Wildman–Crippen LogP) is 0.800. The third-order valence-electron chi connectivity index (χ3n) is 4.33. The molecule has 0 saturated carbocycles. The fourth-order valence-corrected chi connectivity index (χ4v) is 6.02. The molecule has 116 valence electrons. The Balaban J connectivity index is 1.56. The number of amides is 1. The van der Waals surface area contributed by atoms with Crippen molar-refractivity contribution in [3.05, 3.63) is 21.9 Å². The topological polar surface area (TPSA) is 66.5 Å². The molecule has 1 aromatic rings. The van der Waals surface area contributed by atoms with Crippen LogP contribution in [0.15, 0.2) is 11.4 Å². The van der Waals surface area contributed by atoms with Gasteiger partial charge < -0.3 is 10.2 Å². The van der Waals surface area contributed by atoms with Gasteiger partial charge in [-0.15, -0.1) is 11.3 Å². The minimum absolute atomic E-state index is 0.0531. The van der Waals surface area contributed by atoms with Gasteiger partial charge in [0, 0.05) is 23.5 Å². The molecule has 1 atom stereocenters. The largest absolute Gasteiger partial charge is 0.337 e. The van der Waals surface area contributed by atoms with Gasteiger partial charge in [-0.05, 0) is 36.8 Å². The van der Waals surface area contributed by atoms with Crippen LogP contribution in [-0.4, -0.2) is 49.4 Å². The van der Waals surface area contributed by atoms with E-state index in [9.17, 15) is 13.2 Å². The highest BCUT2D eigenvalue weighted by molar-refractivity contribution is 7.91. The number of rotatable bonds is 3. The Morgan fingerprint density at radius 3 is 3.05 bits per heavy atom. The Hall–Kier alpha value is -0.920. The van der Waals surface area contributed by atoms with Crippen molar-refractivity contribution < 1.29 is 13.2 Å². The van der Waals surface area contributed by atoms with Crippen molar-refractivity contribution in [1.29, 1.82) is 0 Å². The molecule has 1 aromatic heterocycles. The van der Waals surface area contributed by atoms with E-state index in [1.165, 1.54) is 10.4 Å². The van der Waals surface area contributed by atoms with E-state index in [4.69, 9.17) is 0 Å². The Kier molecular flexibility index (Phi) is 3.83. The first-order chi connectivity index (χ1) is 9.87. The summed E-state index contributed by atoms with van der Waals surface area (Å²) in [6.45, 7) is 3.53. The normalized spacial score (nSPS) is 27.6. The molecule has 0 bridgehead atoms. The zero-order chi connectivity index (χ0) is 15.1. The van der Waals surface area contributed by atoms with Crippen LogP contribution in [-0.2, 0) is 27.6 Å². The van der Waals surface area contributed by atoms with E-state index in [1.807, 2.05) is 11.8 Å². The van der Waals surface area contributed by atoms with Crippen LogP contribution in [0.25, 0.3) is 0 Å². The number of hydrogen-bond donors (Lipinski definition) is 1. The zero-order valence-electron chi connectivity index (χ0n) is 12.1. The zero-order valence-corrected chi connectivity index (χ0v) is 13.7. The van der Waals surface area contributed by atoms with Crippen molar-refractivity contribution in [1.82, 2.24) is 10.2 Å². The van der Waals surface area contributed by atoms with Crippen molar-refractivity contribution in [3.63, 3.8) is 0 Å². The number of carbonyl (C=O) groups is 1. The molecule has 2 aliphatic heterocycles. The van der Waals surface area contributed by atoms with Gasteiger partial charge in [0.2, 0.25) is 5.91 Å². The van der Waals surface area contributed by atoms with Crippen molar-refractivity contribution in [2.45, 2.75) is 31.8 Å². The molecule has 0 aliphatic carbocycles. The lowest BCUT2D eigenvalue weighted by atomic mass is 10.0. The highest BCUT2D eigenvalue weighted by Crippen LogP contribution is 2.25. The highest BCUT2D eigenvalue weighted by Gasteiger charge is 2.38. The lowest BCUT2D eigenvalue weighted by Crippen LogP contribution is -2.49. The van der Waals surface area contributed by atoms with Crippen LogP contribution in [0, 0.1) is 0 Å². The fraction of sp³-hybridized carbons (Fsp3) is 0.643. The maximum atomic E-state index is 12.3. The molecule has 2 aliphatic rings. The van der Waals surface area contributed by atoms with Crippen molar-refractivity contribution >= 4 is 27.1 Å². The van der Waals surface area contributed by atoms with Crippen molar-refractivity contribution in [3.8, 4) is 0 Å². The summed E-state index contributed by atoms with van der Waals surface area (Å²) < 4.78 is 23.1. The molecule has 1 saturated heterocycles. The summed E-state index contributed by atoms with van der Waals surface area (Å²) >= 11 is 1.75. The van der Waals surface area contributed by atoms with Gasteiger partial charge in [-0.3, -0.25) is 4.79 Å². The van der Waals surface area contributed by atoms with Gasteiger partial charge in [-0.2, -0.15) is 0 Å². The van der Waals surface area contributed by atoms with E-state index < -0.39 is 15.4 Å². The SMILES string of the molecule is CC1(NCC(=O)N2CCc3sccc3C2)CCS(=O)(=O)C1. The van der Waals surface area contributed by atoms with Crippen molar-refractivity contribution in [2.75, 3.05) is 24.6 Å². The second-order valence-corrected chi connectivity index (χ2v) is 9.38. The Bertz CT molecular complexity index is 653. The summed E-state index contributed by atoms with van der Waals surface area (Å²) in [5, 5.41) is 5.23. The molecule has 7 heteroatoms. The number of nitrogens with zero attached hydrogens (tertiary/aromatic N) is 1. The Labute approximate surface area is 129 Å². The first-order valence-electron chi connectivity index (χ1n) is 7.15. The predicted molar refractivity (Wildman–Crippen MR) is 83.1 cm³/mol. The molecular formula is C14H20N2O3S2. The standard InChI is InChI=1S/C14H20N2O3S2/c1-14(4-7-21(18,19)10-14)15-8-13(17)16-5-2-12-11(9-16)3-6-20-12/h3,6,15H,2,4-5,7-10H2,1H3. The molecule has 1 fully saturated rings. The summed E-state index contributed by atoms with van der Waals surface area (Å²) in [6.07, 6.45) is 1.50. The maximum absolute atomic E-state index is 12.3. The lowest BCUT2D eigenvalue weighted by molar-refractivity contribution is -0.131. The third kappa shape index (κ3) is 3.30. The van der Waals surface area contributed by atoms with Gasteiger partial charge in [0.05, 0.1) is 18.1 Å². The molecule has 0 aromatic carbocycles. The quantitative estimate of drug-likeness (QED) is 0.891. The number of carbonyl (C=O) groups excluding carboxylic acids is 1. The second kappa shape index (κ2) is 5.37.